The lowest BCUT2D eigenvalue weighted by Crippen LogP contribution is -2.14. The molecule has 1 nitrogen and oxygen atoms in total. The quantitative estimate of drug-likeness (QED) is 0.803. The van der Waals surface area contributed by atoms with Crippen LogP contribution in [0.4, 0.5) is 0 Å². The number of nitrogens with two attached hydrogens (primary N) is 1. The number of benzene rings is 1. The molecule has 1 aliphatic carbocycles. The Bertz CT molecular complexity index is 330. The zero-order valence-electron chi connectivity index (χ0n) is 9.63. The molecule has 0 amide bonds. The van der Waals surface area contributed by atoms with E-state index in [-0.39, 0.29) is 0 Å². The van der Waals surface area contributed by atoms with Crippen molar-refractivity contribution in [3.63, 3.8) is 0 Å². The summed E-state index contributed by atoms with van der Waals surface area (Å²) in [6.07, 6.45) is 6.23. The third-order valence-electron chi connectivity index (χ3n) is 3.57. The molecule has 0 bridgehead atoms. The summed E-state index contributed by atoms with van der Waals surface area (Å²) in [6.45, 7) is 3.04. The highest BCUT2D eigenvalue weighted by Gasteiger charge is 2.19. The van der Waals surface area contributed by atoms with E-state index in [0.29, 0.717) is 0 Å². The van der Waals surface area contributed by atoms with Crippen LogP contribution < -0.4 is 5.73 Å². The average molecular weight is 203 g/mol. The summed E-state index contributed by atoms with van der Waals surface area (Å²) in [5.41, 5.74) is 10.3. The molecule has 0 aliphatic heterocycles. The first-order valence-electron chi connectivity index (χ1n) is 6.17. The third-order valence-corrected chi connectivity index (χ3v) is 3.57. The second-order valence-corrected chi connectivity index (χ2v) is 4.55. The highest BCUT2D eigenvalue weighted by atomic mass is 14.5. The monoisotopic (exact) mass is 203 g/mol. The van der Waals surface area contributed by atoms with Crippen LogP contribution in [0.15, 0.2) is 18.2 Å². The van der Waals surface area contributed by atoms with E-state index >= 15 is 0 Å². The molecule has 0 fully saturated rings. The first-order chi connectivity index (χ1) is 7.35. The molecule has 1 atom stereocenters. The molecule has 1 aromatic rings. The molecule has 0 heterocycles. The topological polar surface area (TPSA) is 26.0 Å². The Hall–Kier alpha value is -0.820. The summed E-state index contributed by atoms with van der Waals surface area (Å²) in [5.74, 6) is 0.727. The summed E-state index contributed by atoms with van der Waals surface area (Å²) in [5, 5.41) is 0. The molecule has 82 valence electrons. The molecular formula is C14H21N. The maximum absolute atomic E-state index is 5.69. The van der Waals surface area contributed by atoms with Crippen molar-refractivity contribution in [1.82, 2.24) is 0 Å². The fourth-order valence-corrected chi connectivity index (χ4v) is 2.67. The van der Waals surface area contributed by atoms with Crippen LogP contribution in [0.1, 0.15) is 48.8 Å². The van der Waals surface area contributed by atoms with Crippen molar-refractivity contribution in [2.24, 2.45) is 5.73 Å². The van der Waals surface area contributed by atoms with Gasteiger partial charge >= 0.3 is 0 Å². The van der Waals surface area contributed by atoms with E-state index in [1.54, 1.807) is 11.1 Å². The molecule has 0 spiro atoms. The van der Waals surface area contributed by atoms with Crippen LogP contribution in [0.5, 0.6) is 0 Å². The van der Waals surface area contributed by atoms with Gasteiger partial charge in [-0.1, -0.05) is 25.1 Å². The first kappa shape index (κ1) is 10.7. The Morgan fingerprint density at radius 2 is 2.27 bits per heavy atom. The number of hydrogen-bond donors (Lipinski definition) is 1. The van der Waals surface area contributed by atoms with E-state index in [0.717, 1.165) is 25.3 Å². The molecule has 1 heteroatoms. The SMILES string of the molecule is CCc1ccc2c(c1)[C@@H](CCN)CCC2. The number of aryl methyl sites for hydroxylation is 2. The van der Waals surface area contributed by atoms with E-state index in [9.17, 15) is 0 Å². The van der Waals surface area contributed by atoms with Crippen molar-refractivity contribution in [1.29, 1.82) is 0 Å². The Balaban J connectivity index is 2.30. The smallest absolute Gasteiger partial charge is 0.00714 e. The van der Waals surface area contributed by atoms with Crippen LogP contribution >= 0.6 is 0 Å². The molecule has 1 aromatic carbocycles. The van der Waals surface area contributed by atoms with Gasteiger partial charge in [0.1, 0.15) is 0 Å². The minimum Gasteiger partial charge on any atom is -0.330 e. The van der Waals surface area contributed by atoms with E-state index in [1.807, 2.05) is 0 Å². The lowest BCUT2D eigenvalue weighted by Gasteiger charge is -2.25. The molecule has 0 aromatic heterocycles. The molecule has 1 aliphatic rings. The van der Waals surface area contributed by atoms with Gasteiger partial charge in [0, 0.05) is 0 Å². The van der Waals surface area contributed by atoms with Gasteiger partial charge in [-0.2, -0.15) is 0 Å². The van der Waals surface area contributed by atoms with Crippen LogP contribution in [0.2, 0.25) is 0 Å². The maximum Gasteiger partial charge on any atom is -0.00714 e. The standard InChI is InChI=1S/C14H21N/c1-2-11-6-7-12-4-3-5-13(8-9-15)14(12)10-11/h6-7,10,13H,2-5,8-9,15H2,1H3/t13-/m1/s1. The van der Waals surface area contributed by atoms with Crippen molar-refractivity contribution in [3.05, 3.63) is 34.9 Å². The first-order valence-corrected chi connectivity index (χ1v) is 6.17. The van der Waals surface area contributed by atoms with E-state index in [2.05, 4.69) is 25.1 Å². The molecule has 0 unspecified atom stereocenters. The predicted molar refractivity (Wildman–Crippen MR) is 65.2 cm³/mol. The van der Waals surface area contributed by atoms with Crippen LogP contribution in [0.25, 0.3) is 0 Å². The summed E-state index contributed by atoms with van der Waals surface area (Å²) < 4.78 is 0. The van der Waals surface area contributed by atoms with Crippen molar-refractivity contribution in [2.75, 3.05) is 6.54 Å². The summed E-state index contributed by atoms with van der Waals surface area (Å²) in [6, 6.07) is 7.02. The molecule has 0 saturated heterocycles. The van der Waals surface area contributed by atoms with E-state index < -0.39 is 0 Å². The zero-order valence-corrected chi connectivity index (χ0v) is 9.63. The van der Waals surface area contributed by atoms with Crippen molar-refractivity contribution >= 4 is 0 Å². The minimum absolute atomic E-state index is 0.727. The molecular weight excluding hydrogens is 182 g/mol. The lowest BCUT2D eigenvalue weighted by molar-refractivity contribution is 0.525. The maximum atomic E-state index is 5.69. The van der Waals surface area contributed by atoms with Gasteiger partial charge in [-0.3, -0.25) is 0 Å². The molecule has 2 rings (SSSR count). The van der Waals surface area contributed by atoms with Crippen molar-refractivity contribution < 1.29 is 0 Å². The van der Waals surface area contributed by atoms with Gasteiger partial charge in [0.05, 0.1) is 0 Å². The molecule has 0 radical (unpaired) electrons. The van der Waals surface area contributed by atoms with E-state index in [4.69, 9.17) is 5.73 Å². The van der Waals surface area contributed by atoms with Gasteiger partial charge in [0.2, 0.25) is 0 Å². The zero-order chi connectivity index (χ0) is 10.7. The van der Waals surface area contributed by atoms with Crippen LogP contribution in [0.3, 0.4) is 0 Å². The van der Waals surface area contributed by atoms with Gasteiger partial charge in [-0.15, -0.1) is 0 Å². The lowest BCUT2D eigenvalue weighted by atomic mass is 9.80. The second-order valence-electron chi connectivity index (χ2n) is 4.55. The highest BCUT2D eigenvalue weighted by molar-refractivity contribution is 5.36. The van der Waals surface area contributed by atoms with Gasteiger partial charge < -0.3 is 5.73 Å². The predicted octanol–water partition coefficient (Wildman–Crippen LogP) is 3.02. The number of fused-ring (bicyclic) bond motifs is 1. The second kappa shape index (κ2) is 4.80. The number of hydrogen-bond acceptors (Lipinski definition) is 1. The van der Waals surface area contributed by atoms with Gasteiger partial charge in [-0.25, -0.2) is 0 Å². The molecule has 15 heavy (non-hydrogen) atoms. The van der Waals surface area contributed by atoms with Gasteiger partial charge in [0.25, 0.3) is 0 Å². The summed E-state index contributed by atoms with van der Waals surface area (Å²) in [7, 11) is 0. The Morgan fingerprint density at radius 3 is 3.00 bits per heavy atom. The van der Waals surface area contributed by atoms with Crippen molar-refractivity contribution in [3.8, 4) is 0 Å². The Labute approximate surface area is 92.7 Å². The Morgan fingerprint density at radius 1 is 1.40 bits per heavy atom. The van der Waals surface area contributed by atoms with Crippen LogP contribution in [-0.2, 0) is 12.8 Å². The fraction of sp³-hybridized carbons (Fsp3) is 0.571. The molecule has 2 N–H and O–H groups in total. The average Bonchev–Trinajstić information content (AvgIpc) is 2.29. The minimum atomic E-state index is 0.727. The normalized spacial score (nSPS) is 20.0. The summed E-state index contributed by atoms with van der Waals surface area (Å²) >= 11 is 0. The van der Waals surface area contributed by atoms with Crippen LogP contribution in [0, 0.1) is 0 Å². The van der Waals surface area contributed by atoms with Gasteiger partial charge in [0.15, 0.2) is 0 Å². The summed E-state index contributed by atoms with van der Waals surface area (Å²) in [4.78, 5) is 0. The highest BCUT2D eigenvalue weighted by Crippen LogP contribution is 2.34. The van der Waals surface area contributed by atoms with Gasteiger partial charge in [-0.05, 0) is 61.3 Å². The largest absolute Gasteiger partial charge is 0.330 e. The fourth-order valence-electron chi connectivity index (χ4n) is 2.67. The van der Waals surface area contributed by atoms with Crippen molar-refractivity contribution in [2.45, 2.75) is 44.9 Å². The van der Waals surface area contributed by atoms with Crippen LogP contribution in [-0.4, -0.2) is 6.54 Å². The molecule has 0 saturated carbocycles. The van der Waals surface area contributed by atoms with E-state index in [1.165, 1.54) is 24.8 Å². The Kier molecular flexibility index (Phi) is 3.42. The third kappa shape index (κ3) is 2.23. The number of rotatable bonds is 3.